The van der Waals surface area contributed by atoms with E-state index in [1.165, 1.54) is 22.7 Å². The molecule has 0 saturated heterocycles. The molecule has 35 heavy (non-hydrogen) atoms. The van der Waals surface area contributed by atoms with Crippen molar-refractivity contribution in [3.05, 3.63) is 80.7 Å². The van der Waals surface area contributed by atoms with Gasteiger partial charge in [0.25, 0.3) is 0 Å². The number of hydrogen-bond donors (Lipinski definition) is 2. The molecule has 2 aliphatic carbocycles. The van der Waals surface area contributed by atoms with Crippen LogP contribution in [0.4, 0.5) is 0 Å². The van der Waals surface area contributed by atoms with Crippen molar-refractivity contribution in [3.8, 4) is 0 Å². The Kier molecular flexibility index (Phi) is 7.07. The smallest absolute Gasteiger partial charge is 0.349 e. The Morgan fingerprint density at radius 1 is 1.06 bits per heavy atom. The van der Waals surface area contributed by atoms with Crippen molar-refractivity contribution in [2.75, 3.05) is 13.6 Å². The summed E-state index contributed by atoms with van der Waals surface area (Å²) in [6.45, 7) is 0.814. The number of rotatable bonds is 9. The maximum atomic E-state index is 13.4. The molecule has 4 atom stereocenters. The van der Waals surface area contributed by atoms with Gasteiger partial charge in [-0.3, -0.25) is 9.69 Å². The van der Waals surface area contributed by atoms with Crippen molar-refractivity contribution in [3.63, 3.8) is 0 Å². The molecule has 5 rings (SSSR count). The third-order valence-electron chi connectivity index (χ3n) is 7.35. The minimum atomic E-state index is -1.79. The first-order valence-electron chi connectivity index (χ1n) is 12.0. The van der Waals surface area contributed by atoms with Crippen LogP contribution >= 0.6 is 22.7 Å². The van der Waals surface area contributed by atoms with Crippen LogP contribution in [0.15, 0.2) is 65.4 Å². The number of nitrogens with one attached hydrogen (secondary N) is 1. The van der Waals surface area contributed by atoms with Crippen LogP contribution in [-0.2, 0) is 26.5 Å². The van der Waals surface area contributed by atoms with Crippen LogP contribution in [-0.4, -0.2) is 47.6 Å². The normalized spacial score (nSPS) is 23.5. The summed E-state index contributed by atoms with van der Waals surface area (Å²) in [7, 11) is 1.98. The van der Waals surface area contributed by atoms with Crippen molar-refractivity contribution >= 4 is 34.6 Å². The molecule has 2 aromatic heterocycles. The maximum Gasteiger partial charge on any atom is 0.349 e. The van der Waals surface area contributed by atoms with Gasteiger partial charge in [0.1, 0.15) is 6.10 Å². The molecule has 0 spiro atoms. The highest BCUT2D eigenvalue weighted by molar-refractivity contribution is 7.12. The average Bonchev–Trinajstić information content (AvgIpc) is 3.67. The maximum absolute atomic E-state index is 13.4. The summed E-state index contributed by atoms with van der Waals surface area (Å²) in [4.78, 5) is 29.3. The first kappa shape index (κ1) is 24.2. The van der Waals surface area contributed by atoms with Gasteiger partial charge < -0.3 is 15.2 Å². The van der Waals surface area contributed by atoms with Gasteiger partial charge in [0.2, 0.25) is 11.5 Å². The summed E-state index contributed by atoms with van der Waals surface area (Å²) >= 11 is 2.70. The number of ether oxygens (including phenoxy) is 1. The Hall–Kier alpha value is -2.52. The molecule has 0 aliphatic heterocycles. The zero-order chi connectivity index (χ0) is 24.4. The number of esters is 1. The van der Waals surface area contributed by atoms with Crippen LogP contribution in [0.1, 0.15) is 34.6 Å². The molecule has 0 radical (unpaired) electrons. The second-order valence-corrected chi connectivity index (χ2v) is 11.4. The van der Waals surface area contributed by atoms with E-state index in [4.69, 9.17) is 4.74 Å². The predicted molar refractivity (Wildman–Crippen MR) is 137 cm³/mol. The molecular formula is C27H30N2O4S2. The van der Waals surface area contributed by atoms with Crippen molar-refractivity contribution in [2.45, 2.75) is 43.6 Å². The van der Waals surface area contributed by atoms with Gasteiger partial charge in [-0.25, -0.2) is 4.79 Å². The summed E-state index contributed by atoms with van der Waals surface area (Å²) in [5, 5.41) is 18.3. The number of amides is 1. The van der Waals surface area contributed by atoms with Gasteiger partial charge >= 0.3 is 5.97 Å². The van der Waals surface area contributed by atoms with E-state index in [0.717, 1.165) is 24.8 Å². The molecule has 1 amide bonds. The molecular weight excluding hydrogens is 480 g/mol. The quantitative estimate of drug-likeness (QED) is 0.426. The van der Waals surface area contributed by atoms with Gasteiger partial charge in [0, 0.05) is 18.5 Å². The summed E-state index contributed by atoms with van der Waals surface area (Å²) in [6, 6.07) is 17.3. The van der Waals surface area contributed by atoms with Crippen molar-refractivity contribution in [2.24, 2.45) is 11.8 Å². The van der Waals surface area contributed by atoms with Gasteiger partial charge in [-0.05, 0) is 60.7 Å². The molecule has 1 aromatic carbocycles. The standard InChI is InChI=1S/C27H30N2O4S2/c1-29(17-24(30)28-16-18-7-3-2-4-8-18)25-19-11-12-20(25)21(15-19)33-26(31)27(32,22-9-5-13-34-22)23-10-6-14-35-23/h2-10,13-14,19-21,25,32H,11-12,15-17H2,1H3,(H,28,30)/t19?,20-,21-,25?/m1/s1. The van der Waals surface area contributed by atoms with E-state index in [1.54, 1.807) is 12.1 Å². The van der Waals surface area contributed by atoms with Gasteiger partial charge in [-0.1, -0.05) is 42.5 Å². The number of fused-ring (bicyclic) bond motifs is 2. The van der Waals surface area contributed by atoms with Gasteiger partial charge in [0.15, 0.2) is 0 Å². The predicted octanol–water partition coefficient (Wildman–Crippen LogP) is 4.00. The third-order valence-corrected chi connectivity index (χ3v) is 9.31. The summed E-state index contributed by atoms with van der Waals surface area (Å²) in [6.07, 6.45) is 2.54. The number of carbonyl (C=O) groups excluding carboxylic acids is 2. The molecule has 2 unspecified atom stereocenters. The lowest BCUT2D eigenvalue weighted by molar-refractivity contribution is -0.170. The van der Waals surface area contributed by atoms with Crippen LogP contribution < -0.4 is 5.32 Å². The number of benzene rings is 1. The second-order valence-electron chi connectivity index (χ2n) is 9.51. The van der Waals surface area contributed by atoms with Crippen LogP contribution in [0.2, 0.25) is 0 Å². The molecule has 2 heterocycles. The number of aliphatic hydroxyl groups is 1. The molecule has 3 aromatic rings. The molecule has 2 bridgehead atoms. The molecule has 2 N–H and O–H groups in total. The Morgan fingerprint density at radius 3 is 2.37 bits per heavy atom. The van der Waals surface area contributed by atoms with Crippen LogP contribution in [0.25, 0.3) is 0 Å². The lowest BCUT2D eigenvalue weighted by atomic mass is 9.96. The van der Waals surface area contributed by atoms with E-state index in [2.05, 4.69) is 10.2 Å². The van der Waals surface area contributed by atoms with E-state index in [0.29, 0.717) is 28.8 Å². The summed E-state index contributed by atoms with van der Waals surface area (Å²) < 4.78 is 6.05. The Morgan fingerprint density at radius 2 is 1.74 bits per heavy atom. The lowest BCUT2D eigenvalue weighted by Crippen LogP contribution is -2.44. The van der Waals surface area contributed by atoms with E-state index in [1.807, 2.05) is 60.3 Å². The van der Waals surface area contributed by atoms with E-state index in [-0.39, 0.29) is 24.0 Å². The first-order chi connectivity index (χ1) is 17.0. The van der Waals surface area contributed by atoms with Crippen LogP contribution in [0, 0.1) is 11.8 Å². The number of nitrogens with zero attached hydrogens (tertiary/aromatic N) is 1. The van der Waals surface area contributed by atoms with Gasteiger partial charge in [-0.15, -0.1) is 22.7 Å². The van der Waals surface area contributed by atoms with Crippen molar-refractivity contribution < 1.29 is 19.4 Å². The molecule has 2 saturated carbocycles. The fourth-order valence-corrected chi connectivity index (χ4v) is 7.47. The van der Waals surface area contributed by atoms with Crippen LogP contribution in [0.3, 0.4) is 0 Å². The summed E-state index contributed by atoms with van der Waals surface area (Å²) in [5.41, 5.74) is -0.719. The SMILES string of the molecule is CN(CC(=O)NCc1ccccc1)C1C2CC[C@@H]1[C@H](OC(=O)C(O)(c1cccs1)c1cccs1)C2. The monoisotopic (exact) mass is 510 g/mol. The van der Waals surface area contributed by atoms with E-state index < -0.39 is 11.6 Å². The number of thiophene rings is 2. The molecule has 2 fully saturated rings. The highest BCUT2D eigenvalue weighted by Gasteiger charge is 2.53. The van der Waals surface area contributed by atoms with Gasteiger partial charge in [0.05, 0.1) is 16.3 Å². The van der Waals surface area contributed by atoms with Crippen molar-refractivity contribution in [1.29, 1.82) is 0 Å². The minimum absolute atomic E-state index is 0.0130. The fraction of sp³-hybridized carbons (Fsp3) is 0.407. The largest absolute Gasteiger partial charge is 0.459 e. The minimum Gasteiger partial charge on any atom is -0.459 e. The third kappa shape index (κ3) is 4.80. The average molecular weight is 511 g/mol. The molecule has 184 valence electrons. The van der Waals surface area contributed by atoms with E-state index in [9.17, 15) is 14.7 Å². The van der Waals surface area contributed by atoms with Crippen LogP contribution in [0.5, 0.6) is 0 Å². The molecule has 8 heteroatoms. The first-order valence-corrected chi connectivity index (χ1v) is 13.7. The van der Waals surface area contributed by atoms with Crippen molar-refractivity contribution in [1.82, 2.24) is 10.2 Å². The number of hydrogen-bond acceptors (Lipinski definition) is 7. The Labute approximate surface area is 213 Å². The Bertz CT molecular complexity index is 1100. The molecule has 2 aliphatic rings. The van der Waals surface area contributed by atoms with E-state index >= 15 is 0 Å². The zero-order valence-corrected chi connectivity index (χ0v) is 21.3. The zero-order valence-electron chi connectivity index (χ0n) is 19.6. The fourth-order valence-electron chi connectivity index (χ4n) is 5.75. The summed E-state index contributed by atoms with van der Waals surface area (Å²) in [5.74, 6) is -0.0870. The second kappa shape index (κ2) is 10.2. The highest BCUT2D eigenvalue weighted by atomic mass is 32.1. The number of likely N-dealkylation sites (N-methyl/N-ethyl adjacent to an activating group) is 1. The Balaban J connectivity index is 1.23. The highest BCUT2D eigenvalue weighted by Crippen LogP contribution is 2.49. The molecule has 6 nitrogen and oxygen atoms in total. The van der Waals surface area contributed by atoms with Gasteiger partial charge in [-0.2, -0.15) is 0 Å². The number of carbonyl (C=O) groups is 2. The topological polar surface area (TPSA) is 78.9 Å². The lowest BCUT2D eigenvalue weighted by Gasteiger charge is -2.30.